The lowest BCUT2D eigenvalue weighted by molar-refractivity contribution is -0.141. The van der Waals surface area contributed by atoms with E-state index < -0.39 is 17.8 Å². The Bertz CT molecular complexity index is 1030. The van der Waals surface area contributed by atoms with Crippen LogP contribution in [0.25, 0.3) is 0 Å². The second-order valence-electron chi connectivity index (χ2n) is 5.79. The van der Waals surface area contributed by atoms with Gasteiger partial charge in [-0.05, 0) is 30.3 Å². The molecule has 0 bridgehead atoms. The van der Waals surface area contributed by atoms with Gasteiger partial charge in [0.15, 0.2) is 5.69 Å². The van der Waals surface area contributed by atoms with E-state index in [2.05, 4.69) is 15.7 Å². The molecule has 0 aliphatic carbocycles. The van der Waals surface area contributed by atoms with Crippen LogP contribution in [0.1, 0.15) is 16.1 Å². The van der Waals surface area contributed by atoms with E-state index in [-0.39, 0.29) is 11.4 Å². The van der Waals surface area contributed by atoms with Gasteiger partial charge in [0.2, 0.25) is 0 Å². The van der Waals surface area contributed by atoms with Crippen molar-refractivity contribution in [3.63, 3.8) is 0 Å². The molecule has 1 amide bonds. The van der Waals surface area contributed by atoms with E-state index in [0.717, 1.165) is 10.7 Å². The molecule has 0 aliphatic rings. The maximum absolute atomic E-state index is 12.8. The first-order valence-corrected chi connectivity index (χ1v) is 8.64. The average Bonchev–Trinajstić information content (AvgIpc) is 2.99. The van der Waals surface area contributed by atoms with Crippen LogP contribution in [-0.4, -0.2) is 15.7 Å². The number of rotatable bonds is 4. The fourth-order valence-corrected chi connectivity index (χ4v) is 2.72. The van der Waals surface area contributed by atoms with Crippen LogP contribution in [0.5, 0.6) is 0 Å². The molecule has 3 rings (SSSR count). The molecule has 5 nitrogen and oxygen atoms in total. The van der Waals surface area contributed by atoms with Gasteiger partial charge in [-0.3, -0.25) is 9.48 Å². The Kier molecular flexibility index (Phi) is 5.53. The monoisotopic (exact) mass is 428 g/mol. The number of anilines is 3. The molecule has 1 heterocycles. The Labute approximate surface area is 168 Å². The van der Waals surface area contributed by atoms with Crippen molar-refractivity contribution in [1.82, 2.24) is 9.78 Å². The van der Waals surface area contributed by atoms with Crippen LogP contribution in [0.15, 0.2) is 48.5 Å². The number of nitrogens with zero attached hydrogens (tertiary/aromatic N) is 2. The molecule has 2 N–H and O–H groups in total. The van der Waals surface area contributed by atoms with Crippen LogP contribution in [0.2, 0.25) is 10.0 Å². The molecule has 28 heavy (non-hydrogen) atoms. The number of benzene rings is 2. The predicted molar refractivity (Wildman–Crippen MR) is 102 cm³/mol. The lowest BCUT2D eigenvalue weighted by Crippen LogP contribution is -2.16. The number of alkyl halides is 3. The van der Waals surface area contributed by atoms with E-state index in [0.29, 0.717) is 21.4 Å². The molecule has 2 aromatic carbocycles. The number of nitrogens with one attached hydrogen (secondary N) is 2. The third-order valence-corrected chi connectivity index (χ3v) is 4.52. The van der Waals surface area contributed by atoms with Gasteiger partial charge >= 0.3 is 6.18 Å². The number of hydrogen-bond donors (Lipinski definition) is 2. The number of aromatic nitrogens is 2. The normalized spacial score (nSPS) is 11.4. The summed E-state index contributed by atoms with van der Waals surface area (Å²) in [5, 5.41) is 9.58. The molecule has 0 spiro atoms. The summed E-state index contributed by atoms with van der Waals surface area (Å²) in [6.07, 6.45) is -4.60. The maximum Gasteiger partial charge on any atom is 0.435 e. The fraction of sp³-hybridized carbons (Fsp3) is 0.111. The van der Waals surface area contributed by atoms with Crippen molar-refractivity contribution in [2.75, 3.05) is 10.6 Å². The van der Waals surface area contributed by atoms with Gasteiger partial charge in [-0.2, -0.15) is 18.3 Å². The van der Waals surface area contributed by atoms with Gasteiger partial charge in [-0.1, -0.05) is 35.3 Å². The molecule has 0 radical (unpaired) electrons. The third kappa shape index (κ3) is 4.40. The van der Waals surface area contributed by atoms with Gasteiger partial charge in [0.25, 0.3) is 5.91 Å². The highest BCUT2D eigenvalue weighted by Gasteiger charge is 2.34. The summed E-state index contributed by atoms with van der Waals surface area (Å²) in [5.74, 6) is -0.679. The number of amides is 1. The highest BCUT2D eigenvalue weighted by Crippen LogP contribution is 2.31. The third-order valence-electron chi connectivity index (χ3n) is 3.78. The van der Waals surface area contributed by atoms with Crippen LogP contribution in [0.4, 0.5) is 30.4 Å². The standard InChI is InChI=1S/C18H13Cl2F3N4O/c1-27-16(9-15(26-27)18(21,22)23)25-17(28)11-4-2-3-5-14(11)24-10-6-7-12(19)13(20)8-10/h2-9,24H,1H3,(H,25,28). The molecule has 0 saturated carbocycles. The molecule has 0 atom stereocenters. The van der Waals surface area contributed by atoms with Crippen molar-refractivity contribution in [2.45, 2.75) is 6.18 Å². The van der Waals surface area contributed by atoms with E-state index in [9.17, 15) is 18.0 Å². The summed E-state index contributed by atoms with van der Waals surface area (Å²) >= 11 is 11.9. The molecular formula is C18H13Cl2F3N4O. The summed E-state index contributed by atoms with van der Waals surface area (Å²) in [4.78, 5) is 12.6. The molecule has 0 fully saturated rings. The quantitative estimate of drug-likeness (QED) is 0.556. The molecule has 3 aromatic rings. The number of carbonyl (C=O) groups excluding carboxylic acids is 1. The first kappa shape index (κ1) is 20.0. The Balaban J connectivity index is 1.85. The maximum atomic E-state index is 12.8. The largest absolute Gasteiger partial charge is 0.435 e. The number of hydrogen-bond acceptors (Lipinski definition) is 3. The molecule has 0 unspecified atom stereocenters. The van der Waals surface area contributed by atoms with Gasteiger partial charge < -0.3 is 10.6 Å². The minimum atomic E-state index is -4.60. The molecule has 1 aromatic heterocycles. The Morgan fingerprint density at radius 3 is 2.43 bits per heavy atom. The van der Waals surface area contributed by atoms with Crippen molar-refractivity contribution in [3.8, 4) is 0 Å². The van der Waals surface area contributed by atoms with Crippen molar-refractivity contribution in [1.29, 1.82) is 0 Å². The molecule has 10 heteroatoms. The lowest BCUT2D eigenvalue weighted by atomic mass is 10.1. The minimum Gasteiger partial charge on any atom is -0.355 e. The van der Waals surface area contributed by atoms with Gasteiger partial charge in [-0.15, -0.1) is 0 Å². The van der Waals surface area contributed by atoms with Crippen molar-refractivity contribution < 1.29 is 18.0 Å². The Morgan fingerprint density at radius 1 is 1.07 bits per heavy atom. The summed E-state index contributed by atoms with van der Waals surface area (Å²) in [7, 11) is 1.31. The van der Waals surface area contributed by atoms with Crippen molar-refractivity contribution in [3.05, 3.63) is 69.8 Å². The van der Waals surface area contributed by atoms with E-state index in [4.69, 9.17) is 23.2 Å². The van der Waals surface area contributed by atoms with E-state index in [1.165, 1.54) is 13.1 Å². The van der Waals surface area contributed by atoms with Crippen LogP contribution < -0.4 is 10.6 Å². The Hall–Kier alpha value is -2.71. The SMILES string of the molecule is Cn1nc(C(F)(F)F)cc1NC(=O)c1ccccc1Nc1ccc(Cl)c(Cl)c1. The van der Waals surface area contributed by atoms with Gasteiger partial charge in [0.05, 0.1) is 21.3 Å². The predicted octanol–water partition coefficient (Wildman–Crippen LogP) is 5.74. The number of aryl methyl sites for hydroxylation is 1. The first-order valence-electron chi connectivity index (χ1n) is 7.89. The summed E-state index contributed by atoms with van der Waals surface area (Å²) < 4.78 is 39.3. The zero-order valence-electron chi connectivity index (χ0n) is 14.3. The van der Waals surface area contributed by atoms with Gasteiger partial charge in [-0.25, -0.2) is 0 Å². The van der Waals surface area contributed by atoms with Crippen molar-refractivity contribution >= 4 is 46.3 Å². The van der Waals surface area contributed by atoms with Crippen LogP contribution >= 0.6 is 23.2 Å². The summed E-state index contributed by atoms with van der Waals surface area (Å²) in [6, 6.07) is 12.2. The van der Waals surface area contributed by atoms with E-state index >= 15 is 0 Å². The van der Waals surface area contributed by atoms with Crippen molar-refractivity contribution in [2.24, 2.45) is 7.05 Å². The zero-order valence-corrected chi connectivity index (χ0v) is 15.8. The first-order chi connectivity index (χ1) is 13.1. The van der Waals surface area contributed by atoms with Crippen LogP contribution in [-0.2, 0) is 13.2 Å². The highest BCUT2D eigenvalue weighted by molar-refractivity contribution is 6.42. The number of para-hydroxylation sites is 1. The summed E-state index contributed by atoms with van der Waals surface area (Å²) in [5.41, 5.74) is 0.169. The van der Waals surface area contributed by atoms with E-state index in [1.807, 2.05) is 0 Å². The number of halogens is 5. The summed E-state index contributed by atoms with van der Waals surface area (Å²) in [6.45, 7) is 0. The van der Waals surface area contributed by atoms with Crippen LogP contribution in [0.3, 0.4) is 0 Å². The second kappa shape index (κ2) is 7.73. The average molecular weight is 429 g/mol. The lowest BCUT2D eigenvalue weighted by Gasteiger charge is -2.13. The molecule has 146 valence electrons. The minimum absolute atomic E-state index is 0.0818. The fourth-order valence-electron chi connectivity index (χ4n) is 2.43. The topological polar surface area (TPSA) is 59.0 Å². The molecular weight excluding hydrogens is 416 g/mol. The van der Waals surface area contributed by atoms with Gasteiger partial charge in [0.1, 0.15) is 5.82 Å². The Morgan fingerprint density at radius 2 is 1.79 bits per heavy atom. The van der Waals surface area contributed by atoms with E-state index in [1.54, 1.807) is 36.4 Å². The second-order valence-corrected chi connectivity index (χ2v) is 6.60. The van der Waals surface area contributed by atoms with Crippen LogP contribution in [0, 0.1) is 0 Å². The molecule has 0 saturated heterocycles. The zero-order chi connectivity index (χ0) is 20.5. The molecule has 0 aliphatic heterocycles. The highest BCUT2D eigenvalue weighted by atomic mass is 35.5. The smallest absolute Gasteiger partial charge is 0.355 e. The number of carbonyl (C=O) groups is 1. The van der Waals surface area contributed by atoms with Gasteiger partial charge in [0, 0.05) is 18.8 Å².